The van der Waals surface area contributed by atoms with Crippen molar-refractivity contribution >= 4 is 17.6 Å². The van der Waals surface area contributed by atoms with E-state index in [1.54, 1.807) is 24.1 Å². The Bertz CT molecular complexity index is 233. The molecule has 1 rings (SSSR count). The summed E-state index contributed by atoms with van der Waals surface area (Å²) in [5.74, 6) is 0.301. The molecular formula is C9H13NOS. The van der Waals surface area contributed by atoms with Crippen LogP contribution in [-0.4, -0.2) is 10.4 Å². The predicted octanol–water partition coefficient (Wildman–Crippen LogP) is 2.86. The first-order valence-corrected chi connectivity index (χ1v) is 4.77. The van der Waals surface area contributed by atoms with Gasteiger partial charge in [0.25, 0.3) is 0 Å². The second-order valence-corrected chi connectivity index (χ2v) is 4.20. The average molecular weight is 183 g/mol. The van der Waals surface area contributed by atoms with Crippen LogP contribution in [0.5, 0.6) is 5.75 Å². The summed E-state index contributed by atoms with van der Waals surface area (Å²) in [6, 6.07) is 7.04. The zero-order valence-corrected chi connectivity index (χ0v) is 8.06. The number of aromatic hydroxyl groups is 1. The summed E-state index contributed by atoms with van der Waals surface area (Å²) in [5.41, 5.74) is 1.02. The minimum Gasteiger partial charge on any atom is -0.508 e. The standard InChI is InChI=1S/C9H13NOS/c1-7(2)12-10-8-3-5-9(11)6-4-8/h3-7,10-11H,1-2H3. The van der Waals surface area contributed by atoms with Crippen molar-refractivity contribution in [2.45, 2.75) is 19.1 Å². The zero-order valence-electron chi connectivity index (χ0n) is 7.24. The molecule has 0 saturated carbocycles. The third kappa shape index (κ3) is 3.05. The van der Waals surface area contributed by atoms with Gasteiger partial charge in [-0.15, -0.1) is 0 Å². The fraction of sp³-hybridized carbons (Fsp3) is 0.333. The van der Waals surface area contributed by atoms with Crippen molar-refractivity contribution in [3.63, 3.8) is 0 Å². The van der Waals surface area contributed by atoms with Crippen LogP contribution in [0.3, 0.4) is 0 Å². The van der Waals surface area contributed by atoms with E-state index in [0.717, 1.165) is 5.69 Å². The van der Waals surface area contributed by atoms with Gasteiger partial charge < -0.3 is 9.83 Å². The largest absolute Gasteiger partial charge is 0.508 e. The van der Waals surface area contributed by atoms with E-state index in [-0.39, 0.29) is 0 Å². The monoisotopic (exact) mass is 183 g/mol. The van der Waals surface area contributed by atoms with Gasteiger partial charge in [0.05, 0.1) is 0 Å². The summed E-state index contributed by atoms with van der Waals surface area (Å²) < 4.78 is 3.18. The molecule has 12 heavy (non-hydrogen) atoms. The Morgan fingerprint density at radius 2 is 1.83 bits per heavy atom. The molecule has 0 amide bonds. The second-order valence-electron chi connectivity index (χ2n) is 2.82. The highest BCUT2D eigenvalue weighted by Crippen LogP contribution is 2.18. The van der Waals surface area contributed by atoms with E-state index in [1.807, 2.05) is 12.1 Å². The van der Waals surface area contributed by atoms with E-state index in [4.69, 9.17) is 5.11 Å². The van der Waals surface area contributed by atoms with Crippen LogP contribution in [-0.2, 0) is 0 Å². The van der Waals surface area contributed by atoms with Crippen molar-refractivity contribution in [2.24, 2.45) is 0 Å². The molecule has 0 heterocycles. The van der Waals surface area contributed by atoms with Crippen molar-refractivity contribution in [1.29, 1.82) is 0 Å². The van der Waals surface area contributed by atoms with E-state index < -0.39 is 0 Å². The summed E-state index contributed by atoms with van der Waals surface area (Å²) in [5, 5.41) is 9.55. The van der Waals surface area contributed by atoms with Crippen LogP contribution in [0.25, 0.3) is 0 Å². The van der Waals surface area contributed by atoms with E-state index in [2.05, 4.69) is 18.6 Å². The second kappa shape index (κ2) is 4.26. The molecule has 0 saturated heterocycles. The van der Waals surface area contributed by atoms with Crippen LogP contribution in [0.4, 0.5) is 5.69 Å². The maximum Gasteiger partial charge on any atom is 0.115 e. The molecular weight excluding hydrogens is 170 g/mol. The number of hydrogen-bond donors (Lipinski definition) is 2. The van der Waals surface area contributed by atoms with Gasteiger partial charge in [-0.2, -0.15) is 0 Å². The van der Waals surface area contributed by atoms with Crippen molar-refractivity contribution in [3.05, 3.63) is 24.3 Å². The van der Waals surface area contributed by atoms with Gasteiger partial charge in [0, 0.05) is 10.9 Å². The van der Waals surface area contributed by atoms with E-state index >= 15 is 0 Å². The number of benzene rings is 1. The first-order chi connectivity index (χ1) is 5.68. The quantitative estimate of drug-likeness (QED) is 0.558. The zero-order chi connectivity index (χ0) is 8.97. The van der Waals surface area contributed by atoms with Crippen molar-refractivity contribution in [1.82, 2.24) is 0 Å². The molecule has 0 fully saturated rings. The van der Waals surface area contributed by atoms with Crippen LogP contribution in [0.2, 0.25) is 0 Å². The molecule has 0 radical (unpaired) electrons. The van der Waals surface area contributed by atoms with Crippen LogP contribution in [0, 0.1) is 0 Å². The molecule has 2 nitrogen and oxygen atoms in total. The Balaban J connectivity index is 2.48. The van der Waals surface area contributed by atoms with Gasteiger partial charge in [-0.05, 0) is 36.2 Å². The first-order valence-electron chi connectivity index (χ1n) is 3.89. The van der Waals surface area contributed by atoms with Gasteiger partial charge in [-0.1, -0.05) is 13.8 Å². The molecule has 2 N–H and O–H groups in total. The molecule has 0 atom stereocenters. The number of anilines is 1. The van der Waals surface area contributed by atoms with Gasteiger partial charge >= 0.3 is 0 Å². The minimum absolute atomic E-state index is 0.301. The number of hydrogen-bond acceptors (Lipinski definition) is 3. The van der Waals surface area contributed by atoms with Crippen molar-refractivity contribution in [3.8, 4) is 5.75 Å². The highest BCUT2D eigenvalue weighted by Gasteiger charge is 1.94. The summed E-state index contributed by atoms with van der Waals surface area (Å²) in [4.78, 5) is 0. The Labute approximate surface area is 77.1 Å². The third-order valence-corrected chi connectivity index (χ3v) is 2.10. The number of phenols is 1. The molecule has 0 aliphatic carbocycles. The number of nitrogens with one attached hydrogen (secondary N) is 1. The topological polar surface area (TPSA) is 32.3 Å². The van der Waals surface area contributed by atoms with Crippen molar-refractivity contribution < 1.29 is 5.11 Å². The summed E-state index contributed by atoms with van der Waals surface area (Å²) in [6.07, 6.45) is 0. The van der Waals surface area contributed by atoms with E-state index in [1.165, 1.54) is 0 Å². The first kappa shape index (κ1) is 9.26. The van der Waals surface area contributed by atoms with Crippen LogP contribution < -0.4 is 4.72 Å². The molecule has 1 aromatic rings. The predicted molar refractivity (Wildman–Crippen MR) is 54.5 cm³/mol. The molecule has 0 aliphatic rings. The van der Waals surface area contributed by atoms with Gasteiger partial charge in [-0.3, -0.25) is 0 Å². The lowest BCUT2D eigenvalue weighted by atomic mass is 10.3. The molecule has 0 aliphatic heterocycles. The summed E-state index contributed by atoms with van der Waals surface area (Å²) >= 11 is 1.66. The fourth-order valence-electron chi connectivity index (χ4n) is 0.715. The van der Waals surface area contributed by atoms with Gasteiger partial charge in [0.2, 0.25) is 0 Å². The van der Waals surface area contributed by atoms with Gasteiger partial charge in [-0.25, -0.2) is 0 Å². The van der Waals surface area contributed by atoms with Crippen LogP contribution in [0.1, 0.15) is 13.8 Å². The lowest BCUT2D eigenvalue weighted by molar-refractivity contribution is 0.475. The van der Waals surface area contributed by atoms with Crippen molar-refractivity contribution in [2.75, 3.05) is 4.72 Å². The summed E-state index contributed by atoms with van der Waals surface area (Å²) in [6.45, 7) is 4.25. The Kier molecular flexibility index (Phi) is 3.29. The Morgan fingerprint density at radius 3 is 2.33 bits per heavy atom. The van der Waals surface area contributed by atoms with Gasteiger partial charge in [0.1, 0.15) is 5.75 Å². The third-order valence-electron chi connectivity index (χ3n) is 1.28. The molecule has 0 bridgehead atoms. The average Bonchev–Trinajstić information content (AvgIpc) is 2.03. The van der Waals surface area contributed by atoms with E-state index in [9.17, 15) is 0 Å². The fourth-order valence-corrected chi connectivity index (χ4v) is 1.22. The normalized spacial score (nSPS) is 10.2. The molecule has 66 valence electrons. The lowest BCUT2D eigenvalue weighted by Crippen LogP contribution is -1.93. The van der Waals surface area contributed by atoms with E-state index in [0.29, 0.717) is 11.0 Å². The van der Waals surface area contributed by atoms with Crippen LogP contribution in [0.15, 0.2) is 24.3 Å². The molecule has 0 aromatic heterocycles. The number of phenolic OH excluding ortho intramolecular Hbond substituents is 1. The maximum atomic E-state index is 9.00. The highest BCUT2D eigenvalue weighted by molar-refractivity contribution is 8.01. The molecule has 0 spiro atoms. The highest BCUT2D eigenvalue weighted by atomic mass is 32.2. The Morgan fingerprint density at radius 1 is 1.25 bits per heavy atom. The minimum atomic E-state index is 0.301. The maximum absolute atomic E-state index is 9.00. The summed E-state index contributed by atoms with van der Waals surface area (Å²) in [7, 11) is 0. The SMILES string of the molecule is CC(C)SNc1ccc(O)cc1. The molecule has 0 unspecified atom stereocenters. The number of rotatable bonds is 3. The van der Waals surface area contributed by atoms with Gasteiger partial charge in [0.15, 0.2) is 0 Å². The van der Waals surface area contributed by atoms with Crippen LogP contribution >= 0.6 is 11.9 Å². The Hall–Kier alpha value is -0.830. The molecule has 1 aromatic carbocycles. The lowest BCUT2D eigenvalue weighted by Gasteiger charge is -2.07. The smallest absolute Gasteiger partial charge is 0.115 e. The molecule has 3 heteroatoms.